The topological polar surface area (TPSA) is 12.5 Å². The van der Waals surface area contributed by atoms with Gasteiger partial charge in [-0.25, -0.2) is 0 Å². The van der Waals surface area contributed by atoms with Crippen LogP contribution >= 0.6 is 0 Å². The highest BCUT2D eigenvalue weighted by Gasteiger charge is 2.00. The lowest BCUT2D eigenvalue weighted by Crippen LogP contribution is -2.07. The lowest BCUT2D eigenvalue weighted by molar-refractivity contribution is 0.313. The maximum atomic E-state index is 5.60. The van der Waals surface area contributed by atoms with Gasteiger partial charge in [0.2, 0.25) is 0 Å². The first-order valence-corrected chi connectivity index (χ1v) is 6.15. The molecule has 0 atom stereocenters. The number of benzene rings is 1. The number of ether oxygens (including phenoxy) is 1. The third-order valence-electron chi connectivity index (χ3n) is 2.85. The summed E-state index contributed by atoms with van der Waals surface area (Å²) in [7, 11) is 4.08. The molecule has 94 valence electrons. The van der Waals surface area contributed by atoms with Crippen LogP contribution in [0, 0.1) is 0 Å². The first-order chi connectivity index (χ1) is 8.65. The standard InChI is InChI=1S/C16H19NO/c1-13-5-4-6-16(18-13)12-9-14-7-10-15(11-8-14)17(2)3/h5-12H,4H2,1-3H3. The highest BCUT2D eigenvalue weighted by molar-refractivity contribution is 5.57. The van der Waals surface area contributed by atoms with Crippen LogP contribution in [0.2, 0.25) is 0 Å². The van der Waals surface area contributed by atoms with E-state index in [-0.39, 0.29) is 0 Å². The van der Waals surface area contributed by atoms with Crippen LogP contribution in [-0.2, 0) is 4.74 Å². The van der Waals surface area contributed by atoms with Crippen molar-refractivity contribution in [3.05, 3.63) is 59.6 Å². The van der Waals surface area contributed by atoms with Crippen molar-refractivity contribution in [3.63, 3.8) is 0 Å². The van der Waals surface area contributed by atoms with E-state index in [1.165, 1.54) is 11.3 Å². The minimum atomic E-state index is 0.923. The molecule has 18 heavy (non-hydrogen) atoms. The molecule has 0 aliphatic carbocycles. The summed E-state index contributed by atoms with van der Waals surface area (Å²) in [6.07, 6.45) is 9.19. The molecular formula is C16H19NO. The van der Waals surface area contributed by atoms with Gasteiger partial charge >= 0.3 is 0 Å². The Labute approximate surface area is 109 Å². The molecule has 1 aliphatic heterocycles. The smallest absolute Gasteiger partial charge is 0.123 e. The Morgan fingerprint density at radius 3 is 2.39 bits per heavy atom. The van der Waals surface area contributed by atoms with Crippen molar-refractivity contribution in [2.45, 2.75) is 13.3 Å². The second-order valence-electron chi connectivity index (χ2n) is 4.58. The predicted molar refractivity (Wildman–Crippen MR) is 77.3 cm³/mol. The summed E-state index contributed by atoms with van der Waals surface area (Å²) in [6.45, 7) is 1.98. The summed E-state index contributed by atoms with van der Waals surface area (Å²) in [6, 6.07) is 8.44. The van der Waals surface area contributed by atoms with Crippen molar-refractivity contribution in [2.75, 3.05) is 19.0 Å². The molecule has 0 spiro atoms. The van der Waals surface area contributed by atoms with E-state index in [9.17, 15) is 0 Å². The van der Waals surface area contributed by atoms with Crippen LogP contribution < -0.4 is 4.90 Å². The van der Waals surface area contributed by atoms with Crippen LogP contribution in [0.3, 0.4) is 0 Å². The summed E-state index contributed by atoms with van der Waals surface area (Å²) < 4.78 is 5.60. The first-order valence-electron chi connectivity index (χ1n) is 6.15. The monoisotopic (exact) mass is 241 g/mol. The molecule has 0 aromatic heterocycles. The Bertz CT molecular complexity index is 492. The zero-order valence-electron chi connectivity index (χ0n) is 11.2. The van der Waals surface area contributed by atoms with Crippen LogP contribution in [0.15, 0.2) is 54.0 Å². The summed E-state index contributed by atoms with van der Waals surface area (Å²) in [5.41, 5.74) is 2.39. The Hall–Kier alpha value is -1.96. The molecule has 2 rings (SSSR count). The van der Waals surface area contributed by atoms with Crippen LogP contribution in [0.1, 0.15) is 18.9 Å². The van der Waals surface area contributed by atoms with Gasteiger partial charge in [-0.2, -0.15) is 0 Å². The molecule has 1 heterocycles. The van der Waals surface area contributed by atoms with Crippen molar-refractivity contribution in [2.24, 2.45) is 0 Å². The summed E-state index contributed by atoms with van der Waals surface area (Å²) in [5, 5.41) is 0. The van der Waals surface area contributed by atoms with E-state index in [1.54, 1.807) is 0 Å². The predicted octanol–water partition coefficient (Wildman–Crippen LogP) is 3.97. The summed E-state index contributed by atoms with van der Waals surface area (Å²) in [5.74, 6) is 1.90. The SMILES string of the molecule is CC1=CCC=C(C=Cc2ccc(N(C)C)cc2)O1. The number of rotatable bonds is 3. The number of allylic oxidation sites excluding steroid dienone is 4. The van der Waals surface area contributed by atoms with Gasteiger partial charge in [-0.1, -0.05) is 18.2 Å². The Morgan fingerprint density at radius 1 is 1.06 bits per heavy atom. The van der Waals surface area contributed by atoms with Gasteiger partial charge < -0.3 is 9.64 Å². The maximum absolute atomic E-state index is 5.60. The highest BCUT2D eigenvalue weighted by Crippen LogP contribution is 2.18. The molecule has 1 aromatic rings. The quantitative estimate of drug-likeness (QED) is 0.793. The van der Waals surface area contributed by atoms with E-state index < -0.39 is 0 Å². The average molecular weight is 241 g/mol. The normalized spacial score (nSPS) is 15.1. The fourth-order valence-electron chi connectivity index (χ4n) is 1.77. The van der Waals surface area contributed by atoms with Crippen molar-refractivity contribution in [3.8, 4) is 0 Å². The zero-order valence-corrected chi connectivity index (χ0v) is 11.2. The van der Waals surface area contributed by atoms with E-state index in [1.807, 2.05) is 27.1 Å². The van der Waals surface area contributed by atoms with Gasteiger partial charge in [0.1, 0.15) is 5.76 Å². The minimum absolute atomic E-state index is 0.923. The van der Waals surface area contributed by atoms with Crippen molar-refractivity contribution in [1.82, 2.24) is 0 Å². The van der Waals surface area contributed by atoms with E-state index in [4.69, 9.17) is 4.74 Å². The molecule has 2 heteroatoms. The van der Waals surface area contributed by atoms with Gasteiger partial charge in [0.25, 0.3) is 0 Å². The van der Waals surface area contributed by atoms with E-state index >= 15 is 0 Å². The average Bonchev–Trinajstić information content (AvgIpc) is 2.37. The summed E-state index contributed by atoms with van der Waals surface area (Å²) in [4.78, 5) is 2.09. The molecule has 0 fully saturated rings. The Balaban J connectivity index is 2.03. The molecule has 0 N–H and O–H groups in total. The van der Waals surface area contributed by atoms with Gasteiger partial charge in [-0.3, -0.25) is 0 Å². The zero-order chi connectivity index (χ0) is 13.0. The molecule has 1 aromatic carbocycles. The fourth-order valence-corrected chi connectivity index (χ4v) is 1.77. The molecule has 0 bridgehead atoms. The lowest BCUT2D eigenvalue weighted by Gasteiger charge is -2.12. The number of nitrogens with zero attached hydrogens (tertiary/aromatic N) is 1. The largest absolute Gasteiger partial charge is 0.463 e. The van der Waals surface area contributed by atoms with E-state index in [0.29, 0.717) is 0 Å². The fraction of sp³-hybridized carbons (Fsp3) is 0.250. The molecule has 1 aliphatic rings. The van der Waals surface area contributed by atoms with Crippen LogP contribution in [0.4, 0.5) is 5.69 Å². The third kappa shape index (κ3) is 3.27. The molecular weight excluding hydrogens is 222 g/mol. The summed E-state index contributed by atoms with van der Waals surface area (Å²) >= 11 is 0. The van der Waals surface area contributed by atoms with E-state index in [2.05, 4.69) is 47.4 Å². The number of hydrogen-bond donors (Lipinski definition) is 0. The Kier molecular flexibility index (Phi) is 3.88. The minimum Gasteiger partial charge on any atom is -0.463 e. The number of anilines is 1. The van der Waals surface area contributed by atoms with Gasteiger partial charge in [-0.15, -0.1) is 0 Å². The van der Waals surface area contributed by atoms with Gasteiger partial charge in [0, 0.05) is 19.8 Å². The second-order valence-corrected chi connectivity index (χ2v) is 4.58. The van der Waals surface area contributed by atoms with Crippen molar-refractivity contribution < 1.29 is 4.74 Å². The Morgan fingerprint density at radius 2 is 1.78 bits per heavy atom. The van der Waals surface area contributed by atoms with Crippen LogP contribution in [-0.4, -0.2) is 14.1 Å². The number of hydrogen-bond acceptors (Lipinski definition) is 2. The molecule has 0 saturated carbocycles. The van der Waals surface area contributed by atoms with Crippen molar-refractivity contribution in [1.29, 1.82) is 0 Å². The van der Waals surface area contributed by atoms with E-state index in [0.717, 1.165) is 17.9 Å². The van der Waals surface area contributed by atoms with Gasteiger partial charge in [0.05, 0.1) is 5.76 Å². The first kappa shape index (κ1) is 12.5. The molecule has 0 unspecified atom stereocenters. The van der Waals surface area contributed by atoms with Crippen LogP contribution in [0.5, 0.6) is 0 Å². The maximum Gasteiger partial charge on any atom is 0.123 e. The van der Waals surface area contributed by atoms with Crippen LogP contribution in [0.25, 0.3) is 6.08 Å². The lowest BCUT2D eigenvalue weighted by atomic mass is 10.1. The molecule has 0 saturated heterocycles. The second kappa shape index (κ2) is 5.58. The molecule has 0 radical (unpaired) electrons. The molecule has 2 nitrogen and oxygen atoms in total. The third-order valence-corrected chi connectivity index (χ3v) is 2.85. The van der Waals surface area contributed by atoms with Gasteiger partial charge in [0.15, 0.2) is 0 Å². The molecule has 0 amide bonds. The highest BCUT2D eigenvalue weighted by atomic mass is 16.5. The van der Waals surface area contributed by atoms with Crippen molar-refractivity contribution >= 4 is 11.8 Å². The van der Waals surface area contributed by atoms with Gasteiger partial charge in [-0.05, 0) is 49.3 Å².